The first-order valence-electron chi connectivity index (χ1n) is 8.63. The summed E-state index contributed by atoms with van der Waals surface area (Å²) in [5.41, 5.74) is 0.902. The lowest BCUT2D eigenvalue weighted by Gasteiger charge is -2.14. The van der Waals surface area contributed by atoms with Gasteiger partial charge in [-0.25, -0.2) is 17.2 Å². The molecule has 4 rings (SSSR count). The van der Waals surface area contributed by atoms with Crippen molar-refractivity contribution in [1.82, 2.24) is 4.98 Å². The van der Waals surface area contributed by atoms with Gasteiger partial charge < -0.3 is 4.74 Å². The molecule has 0 aliphatic rings. The molecule has 4 aromatic rings. The minimum atomic E-state index is -3.99. The molecular weight excluding hydrogens is 396 g/mol. The van der Waals surface area contributed by atoms with Gasteiger partial charge in [-0.2, -0.15) is 0 Å². The standard InChI is InChI=1S/C22H15F2NO3S/c1-28-17-6-8-18(9-7-17)29(26,27)21-13-25-20-12-16(24)5-10-19(20)22(21)14-3-2-4-15(23)11-14/h2-13H,1H3. The highest BCUT2D eigenvalue weighted by Gasteiger charge is 2.25. The van der Waals surface area contributed by atoms with E-state index in [2.05, 4.69) is 4.98 Å². The van der Waals surface area contributed by atoms with Gasteiger partial charge in [-0.3, -0.25) is 4.98 Å². The Hall–Kier alpha value is -3.32. The summed E-state index contributed by atoms with van der Waals surface area (Å²) in [6, 6.07) is 15.4. The maximum atomic E-state index is 13.9. The van der Waals surface area contributed by atoms with Gasteiger partial charge in [-0.15, -0.1) is 0 Å². The second-order valence-corrected chi connectivity index (χ2v) is 8.27. The lowest BCUT2D eigenvalue weighted by atomic mass is 10.0. The van der Waals surface area contributed by atoms with Crippen LogP contribution in [-0.4, -0.2) is 20.5 Å². The van der Waals surface area contributed by atoms with Crippen molar-refractivity contribution in [1.29, 1.82) is 0 Å². The lowest BCUT2D eigenvalue weighted by molar-refractivity contribution is 0.414. The van der Waals surface area contributed by atoms with E-state index in [4.69, 9.17) is 4.74 Å². The van der Waals surface area contributed by atoms with E-state index < -0.39 is 21.5 Å². The number of ether oxygens (including phenoxy) is 1. The molecule has 4 nitrogen and oxygen atoms in total. The number of rotatable bonds is 4. The third-order valence-electron chi connectivity index (χ3n) is 4.57. The Labute approximate surface area is 166 Å². The van der Waals surface area contributed by atoms with Gasteiger partial charge in [0.2, 0.25) is 9.84 Å². The number of nitrogens with zero attached hydrogens (tertiary/aromatic N) is 1. The van der Waals surface area contributed by atoms with Crippen molar-refractivity contribution in [2.45, 2.75) is 9.79 Å². The van der Waals surface area contributed by atoms with E-state index in [0.717, 1.165) is 0 Å². The number of halogens is 2. The fraction of sp³-hybridized carbons (Fsp3) is 0.0455. The van der Waals surface area contributed by atoms with E-state index in [1.54, 1.807) is 18.2 Å². The highest BCUT2D eigenvalue weighted by atomic mass is 32.2. The Morgan fingerprint density at radius 3 is 2.31 bits per heavy atom. The van der Waals surface area contributed by atoms with Crippen LogP contribution < -0.4 is 4.74 Å². The van der Waals surface area contributed by atoms with Crippen molar-refractivity contribution in [3.63, 3.8) is 0 Å². The topological polar surface area (TPSA) is 56.3 Å². The fourth-order valence-corrected chi connectivity index (χ4v) is 4.61. The first-order chi connectivity index (χ1) is 13.9. The molecule has 0 spiro atoms. The molecule has 0 atom stereocenters. The summed E-state index contributed by atoms with van der Waals surface area (Å²) in [6.45, 7) is 0. The van der Waals surface area contributed by atoms with Gasteiger partial charge >= 0.3 is 0 Å². The van der Waals surface area contributed by atoms with Crippen LogP contribution in [0.5, 0.6) is 5.75 Å². The maximum Gasteiger partial charge on any atom is 0.208 e. The van der Waals surface area contributed by atoms with Gasteiger partial charge in [0.25, 0.3) is 0 Å². The van der Waals surface area contributed by atoms with E-state index >= 15 is 0 Å². The summed E-state index contributed by atoms with van der Waals surface area (Å²) in [5.74, 6) is -0.496. The Bertz CT molecular complexity index is 1320. The molecule has 0 aliphatic carbocycles. The lowest BCUT2D eigenvalue weighted by Crippen LogP contribution is -2.06. The molecule has 0 aliphatic heterocycles. The van der Waals surface area contributed by atoms with Crippen LogP contribution >= 0.6 is 0 Å². The van der Waals surface area contributed by atoms with Crippen molar-refractivity contribution in [3.8, 4) is 16.9 Å². The molecule has 29 heavy (non-hydrogen) atoms. The highest BCUT2D eigenvalue weighted by Crippen LogP contribution is 2.37. The number of hydrogen-bond acceptors (Lipinski definition) is 4. The van der Waals surface area contributed by atoms with Gasteiger partial charge in [0, 0.05) is 23.2 Å². The van der Waals surface area contributed by atoms with Crippen molar-refractivity contribution >= 4 is 20.7 Å². The zero-order valence-corrected chi connectivity index (χ0v) is 16.1. The summed E-state index contributed by atoms with van der Waals surface area (Å²) in [4.78, 5) is 4.09. The molecule has 0 unspecified atom stereocenters. The van der Waals surface area contributed by atoms with E-state index in [1.807, 2.05) is 0 Å². The molecule has 7 heteroatoms. The SMILES string of the molecule is COc1ccc(S(=O)(=O)c2cnc3cc(F)ccc3c2-c2cccc(F)c2)cc1. The first-order valence-corrected chi connectivity index (χ1v) is 10.1. The van der Waals surface area contributed by atoms with Crippen LogP contribution in [-0.2, 0) is 9.84 Å². The zero-order chi connectivity index (χ0) is 20.6. The maximum absolute atomic E-state index is 13.9. The zero-order valence-electron chi connectivity index (χ0n) is 15.3. The van der Waals surface area contributed by atoms with Crippen LogP contribution in [0.1, 0.15) is 0 Å². The van der Waals surface area contributed by atoms with Crippen molar-refractivity contribution in [3.05, 3.63) is 84.6 Å². The van der Waals surface area contributed by atoms with Crippen molar-refractivity contribution in [2.75, 3.05) is 7.11 Å². The van der Waals surface area contributed by atoms with Crippen LogP contribution in [0.3, 0.4) is 0 Å². The summed E-state index contributed by atoms with van der Waals surface area (Å²) < 4.78 is 59.4. The molecule has 0 N–H and O–H groups in total. The Morgan fingerprint density at radius 2 is 1.62 bits per heavy atom. The molecule has 1 aromatic heterocycles. The Morgan fingerprint density at radius 1 is 0.897 bits per heavy atom. The van der Waals surface area contributed by atoms with Gasteiger partial charge in [-0.05, 0) is 54.1 Å². The number of hydrogen-bond donors (Lipinski definition) is 0. The number of fused-ring (bicyclic) bond motifs is 1. The normalized spacial score (nSPS) is 11.6. The summed E-state index contributed by atoms with van der Waals surface area (Å²) in [5, 5.41) is 0.409. The molecule has 0 bridgehead atoms. The summed E-state index contributed by atoms with van der Waals surface area (Å²) >= 11 is 0. The Balaban J connectivity index is 2.03. The van der Waals surface area contributed by atoms with Crippen LogP contribution in [0.2, 0.25) is 0 Å². The molecule has 0 fully saturated rings. The van der Waals surface area contributed by atoms with Gasteiger partial charge in [0.05, 0.1) is 22.4 Å². The van der Waals surface area contributed by atoms with Gasteiger partial charge in [0.1, 0.15) is 17.4 Å². The second kappa shape index (κ2) is 7.25. The minimum Gasteiger partial charge on any atom is -0.497 e. The summed E-state index contributed by atoms with van der Waals surface area (Å²) in [6.07, 6.45) is 1.18. The molecule has 3 aromatic carbocycles. The molecule has 146 valence electrons. The van der Waals surface area contributed by atoms with Gasteiger partial charge in [-0.1, -0.05) is 12.1 Å². The van der Waals surface area contributed by atoms with E-state index in [1.165, 1.54) is 61.8 Å². The second-order valence-electron chi connectivity index (χ2n) is 6.35. The highest BCUT2D eigenvalue weighted by molar-refractivity contribution is 7.91. The predicted molar refractivity (Wildman–Crippen MR) is 106 cm³/mol. The van der Waals surface area contributed by atoms with Crippen LogP contribution in [0.4, 0.5) is 8.78 Å². The number of methoxy groups -OCH3 is 1. The largest absolute Gasteiger partial charge is 0.497 e. The third-order valence-corrected chi connectivity index (χ3v) is 6.35. The fourth-order valence-electron chi connectivity index (χ4n) is 3.18. The van der Waals surface area contributed by atoms with Gasteiger partial charge in [0.15, 0.2) is 0 Å². The number of sulfone groups is 1. The van der Waals surface area contributed by atoms with Crippen LogP contribution in [0.25, 0.3) is 22.0 Å². The molecule has 0 radical (unpaired) electrons. The predicted octanol–water partition coefficient (Wildman–Crippen LogP) is 5.02. The monoisotopic (exact) mass is 411 g/mol. The summed E-state index contributed by atoms with van der Waals surface area (Å²) in [7, 11) is -2.51. The van der Waals surface area contributed by atoms with Crippen LogP contribution in [0, 0.1) is 11.6 Å². The van der Waals surface area contributed by atoms with E-state index in [-0.39, 0.29) is 20.9 Å². The van der Waals surface area contributed by atoms with E-state index in [9.17, 15) is 17.2 Å². The first kappa shape index (κ1) is 19.0. The smallest absolute Gasteiger partial charge is 0.208 e. The molecule has 0 amide bonds. The average molecular weight is 411 g/mol. The average Bonchev–Trinajstić information content (AvgIpc) is 2.72. The number of pyridine rings is 1. The molecule has 1 heterocycles. The van der Waals surface area contributed by atoms with Crippen LogP contribution in [0.15, 0.2) is 82.7 Å². The molecular formula is C22H15F2NO3S. The van der Waals surface area contributed by atoms with Crippen molar-refractivity contribution in [2.24, 2.45) is 0 Å². The third kappa shape index (κ3) is 3.45. The minimum absolute atomic E-state index is 0.0409. The molecule has 0 saturated heterocycles. The number of benzene rings is 3. The quantitative estimate of drug-likeness (QED) is 0.473. The number of aromatic nitrogens is 1. The van der Waals surface area contributed by atoms with Crippen molar-refractivity contribution < 1.29 is 21.9 Å². The molecule has 0 saturated carbocycles. The Kier molecular flexibility index (Phi) is 4.76. The van der Waals surface area contributed by atoms with E-state index in [0.29, 0.717) is 16.7 Å².